The highest BCUT2D eigenvalue weighted by atomic mass is 31.2. The summed E-state index contributed by atoms with van der Waals surface area (Å²) in [7, 11) is 1.16. The molecule has 0 spiro atoms. The van der Waals surface area contributed by atoms with E-state index in [0.717, 1.165) is 135 Å². The molecule has 0 fully saturated rings. The Morgan fingerprint density at radius 3 is 1.27 bits per heavy atom. The van der Waals surface area contributed by atoms with Crippen molar-refractivity contribution in [3.63, 3.8) is 0 Å². The van der Waals surface area contributed by atoms with Gasteiger partial charge in [-0.05, 0) is 109 Å². The second kappa shape index (κ2) is 56.2. The lowest BCUT2D eigenvalue weighted by molar-refractivity contribution is -0.870. The maximum Gasteiger partial charge on any atom is 0.306 e. The number of hydrogen-bond acceptors (Lipinski definition) is 7. The highest BCUT2D eigenvalue weighted by molar-refractivity contribution is 7.45. The third-order valence-corrected chi connectivity index (χ3v) is 14.5. The molecule has 0 aliphatic carbocycles. The largest absolute Gasteiger partial charge is 0.756 e. The number of nitrogens with zero attached hydrogens (tertiary/aromatic N) is 1. The SMILES string of the molecule is CC/C=C\C/C=C\C/C=C\C/C=C\C/C=C\C/C=C\CCCCCCCCC(=O)NC(COP(=O)([O-])OCC[N+](C)(C)C)C(/C=C\CCCCCCCCCCC)OC(=O)CCCCCCCCC/C=C\CCCCCC. The maximum absolute atomic E-state index is 13.5. The molecule has 444 valence electrons. The van der Waals surface area contributed by atoms with Crippen molar-refractivity contribution in [1.82, 2.24) is 5.32 Å². The molecule has 0 saturated heterocycles. The van der Waals surface area contributed by atoms with Crippen LogP contribution in [0.2, 0.25) is 0 Å². The van der Waals surface area contributed by atoms with E-state index in [-0.39, 0.29) is 24.9 Å². The monoisotopic (exact) mass is 1090 g/mol. The fourth-order valence-electron chi connectivity index (χ4n) is 8.64. The first kappa shape index (κ1) is 73.9. The van der Waals surface area contributed by atoms with Gasteiger partial charge < -0.3 is 28.5 Å². The standard InChI is InChI=1S/C67H119N2O7P/c1-7-10-13-16-19-22-25-27-29-30-31-32-33-34-35-36-37-38-40-41-44-47-50-53-56-59-66(70)68-64(63-75-77(72,73)74-62-61-69(4,5)6)65(58-55-52-49-46-43-24-21-18-15-12-9-3)76-67(71)60-57-54-51-48-45-42-39-28-26-23-20-17-14-11-8-2/h10,13,19,22-23,26-27,29,31-32,34-35,37-38,55,58,64-65H,7-9,11-12,14-18,20-21,24-25,28,30,33,36,39-54,56-57,59-63H2,1-6H3,(H-,68,70,72,73)/b13-10-,22-19-,26-23-,29-27-,32-31-,35-34-,38-37-,58-55-. The third kappa shape index (κ3) is 57.4. The lowest BCUT2D eigenvalue weighted by Gasteiger charge is -2.30. The van der Waals surface area contributed by atoms with E-state index in [2.05, 4.69) is 111 Å². The summed E-state index contributed by atoms with van der Waals surface area (Å²) >= 11 is 0. The number of allylic oxidation sites excluding steroid dienone is 15. The number of phosphoric acid groups is 1. The van der Waals surface area contributed by atoms with Gasteiger partial charge in [-0.2, -0.15) is 0 Å². The van der Waals surface area contributed by atoms with Crippen molar-refractivity contribution < 1.29 is 37.3 Å². The number of likely N-dealkylation sites (N-methyl/N-ethyl adjacent to an activating group) is 1. The molecule has 3 unspecified atom stereocenters. The predicted octanol–water partition coefficient (Wildman–Crippen LogP) is 18.9. The number of carbonyl (C=O) groups is 2. The molecule has 0 heterocycles. The number of esters is 1. The molecule has 9 nitrogen and oxygen atoms in total. The first-order valence-corrected chi connectivity index (χ1v) is 33.0. The van der Waals surface area contributed by atoms with Crippen molar-refractivity contribution in [1.29, 1.82) is 0 Å². The molecule has 0 aromatic rings. The van der Waals surface area contributed by atoms with Crippen LogP contribution < -0.4 is 10.2 Å². The van der Waals surface area contributed by atoms with E-state index < -0.39 is 26.6 Å². The summed E-state index contributed by atoms with van der Waals surface area (Å²) in [6, 6.07) is -0.903. The Bertz CT molecular complexity index is 1640. The Kier molecular flexibility index (Phi) is 54.0. The number of phosphoric ester groups is 1. The van der Waals surface area contributed by atoms with E-state index in [1.807, 2.05) is 33.3 Å². The molecule has 1 amide bonds. The normalized spacial score (nSPS) is 14.3. The van der Waals surface area contributed by atoms with Gasteiger partial charge in [-0.1, -0.05) is 240 Å². The molecule has 0 saturated carbocycles. The van der Waals surface area contributed by atoms with Crippen molar-refractivity contribution in [2.45, 2.75) is 277 Å². The zero-order valence-corrected chi connectivity index (χ0v) is 51.5. The summed E-state index contributed by atoms with van der Waals surface area (Å²) in [5.74, 6) is -0.566. The molecule has 0 radical (unpaired) electrons. The van der Waals surface area contributed by atoms with Crippen LogP contribution in [0.1, 0.15) is 265 Å². The average molecular weight is 1100 g/mol. The fourth-order valence-corrected chi connectivity index (χ4v) is 9.36. The minimum absolute atomic E-state index is 0.0303. The number of unbranched alkanes of at least 4 members (excludes halogenated alkanes) is 26. The van der Waals surface area contributed by atoms with Crippen LogP contribution in [0.15, 0.2) is 97.2 Å². The number of rotatable bonds is 56. The summed E-state index contributed by atoms with van der Waals surface area (Å²) in [4.78, 5) is 40.0. The second-order valence-electron chi connectivity index (χ2n) is 22.2. The van der Waals surface area contributed by atoms with Crippen LogP contribution in [0.3, 0.4) is 0 Å². The summed E-state index contributed by atoms with van der Waals surface area (Å²) in [5.41, 5.74) is 0. The van der Waals surface area contributed by atoms with Gasteiger partial charge in [0.25, 0.3) is 7.82 Å². The second-order valence-corrected chi connectivity index (χ2v) is 23.6. The molecular formula is C67H119N2O7P. The molecule has 0 aliphatic rings. The number of hydrogen-bond donors (Lipinski definition) is 1. The van der Waals surface area contributed by atoms with Gasteiger partial charge in [0.2, 0.25) is 5.91 Å². The van der Waals surface area contributed by atoms with Gasteiger partial charge in [0.15, 0.2) is 0 Å². The molecule has 1 N–H and O–H groups in total. The molecule has 77 heavy (non-hydrogen) atoms. The molecule has 0 aromatic heterocycles. The quantitative estimate of drug-likeness (QED) is 0.0212. The van der Waals surface area contributed by atoms with Crippen LogP contribution in [-0.2, 0) is 27.9 Å². The Hall–Kier alpha value is -3.07. The number of carbonyl (C=O) groups excluding carboxylic acids is 2. The topological polar surface area (TPSA) is 114 Å². The Morgan fingerprint density at radius 1 is 0.468 bits per heavy atom. The number of ether oxygens (including phenoxy) is 1. The van der Waals surface area contributed by atoms with Crippen LogP contribution in [-0.4, -0.2) is 69.4 Å². The number of quaternary nitrogens is 1. The van der Waals surface area contributed by atoms with E-state index >= 15 is 0 Å². The van der Waals surface area contributed by atoms with E-state index in [4.69, 9.17) is 13.8 Å². The molecule has 0 rings (SSSR count). The van der Waals surface area contributed by atoms with Gasteiger partial charge in [0.1, 0.15) is 19.3 Å². The summed E-state index contributed by atoms with van der Waals surface area (Å²) in [5, 5.41) is 3.02. The van der Waals surface area contributed by atoms with Gasteiger partial charge in [0, 0.05) is 12.8 Å². The minimum Gasteiger partial charge on any atom is -0.756 e. The summed E-state index contributed by atoms with van der Waals surface area (Å²) < 4.78 is 30.3. The third-order valence-electron chi connectivity index (χ3n) is 13.5. The Labute approximate surface area is 475 Å². The van der Waals surface area contributed by atoms with Crippen LogP contribution in [0.25, 0.3) is 0 Å². The average Bonchev–Trinajstić information content (AvgIpc) is 3.39. The van der Waals surface area contributed by atoms with Gasteiger partial charge in [0.05, 0.1) is 33.8 Å². The van der Waals surface area contributed by atoms with E-state index in [1.165, 1.54) is 96.3 Å². The smallest absolute Gasteiger partial charge is 0.306 e. The van der Waals surface area contributed by atoms with E-state index in [1.54, 1.807) is 0 Å². The number of amides is 1. The van der Waals surface area contributed by atoms with E-state index in [0.29, 0.717) is 17.4 Å². The number of nitrogens with one attached hydrogen (secondary N) is 1. The lowest BCUT2D eigenvalue weighted by atomic mass is 10.1. The first-order chi connectivity index (χ1) is 37.4. The Balaban J connectivity index is 5.19. The van der Waals surface area contributed by atoms with Crippen molar-refractivity contribution in [2.75, 3.05) is 40.9 Å². The highest BCUT2D eigenvalue weighted by Crippen LogP contribution is 2.38. The predicted molar refractivity (Wildman–Crippen MR) is 330 cm³/mol. The first-order valence-electron chi connectivity index (χ1n) is 31.5. The van der Waals surface area contributed by atoms with Crippen molar-refractivity contribution in [2.24, 2.45) is 0 Å². The lowest BCUT2D eigenvalue weighted by Crippen LogP contribution is -2.47. The maximum atomic E-state index is 13.5. The van der Waals surface area contributed by atoms with Gasteiger partial charge in [-0.25, -0.2) is 0 Å². The van der Waals surface area contributed by atoms with Gasteiger partial charge in [-0.15, -0.1) is 0 Å². The van der Waals surface area contributed by atoms with Gasteiger partial charge >= 0.3 is 5.97 Å². The highest BCUT2D eigenvalue weighted by Gasteiger charge is 2.27. The summed E-state index contributed by atoms with van der Waals surface area (Å²) in [6.45, 7) is 6.69. The fraction of sp³-hybridized carbons (Fsp3) is 0.731. The van der Waals surface area contributed by atoms with Crippen LogP contribution in [0, 0.1) is 0 Å². The van der Waals surface area contributed by atoms with Crippen LogP contribution in [0.5, 0.6) is 0 Å². The minimum atomic E-state index is -4.71. The van der Waals surface area contributed by atoms with Crippen LogP contribution in [0.4, 0.5) is 0 Å². The molecule has 0 aromatic carbocycles. The zero-order valence-electron chi connectivity index (χ0n) is 50.6. The van der Waals surface area contributed by atoms with Gasteiger partial charge in [-0.3, -0.25) is 14.2 Å². The molecule has 0 aliphatic heterocycles. The van der Waals surface area contributed by atoms with E-state index in [9.17, 15) is 19.0 Å². The summed E-state index contributed by atoms with van der Waals surface area (Å²) in [6.07, 6.45) is 75.1. The molecule has 0 bridgehead atoms. The molecular weight excluding hydrogens is 976 g/mol. The molecule has 10 heteroatoms. The van der Waals surface area contributed by atoms with Crippen LogP contribution >= 0.6 is 7.82 Å². The van der Waals surface area contributed by atoms with Crippen molar-refractivity contribution in [3.05, 3.63) is 97.2 Å². The zero-order chi connectivity index (χ0) is 56.4. The Morgan fingerprint density at radius 2 is 0.831 bits per heavy atom. The van der Waals surface area contributed by atoms with Crippen molar-refractivity contribution >= 4 is 19.7 Å². The molecule has 3 atom stereocenters. The van der Waals surface area contributed by atoms with Crippen molar-refractivity contribution in [3.8, 4) is 0 Å².